The van der Waals surface area contributed by atoms with Crippen LogP contribution in [-0.2, 0) is 4.79 Å². The molecule has 2 N–H and O–H groups in total. The van der Waals surface area contributed by atoms with E-state index < -0.39 is 5.60 Å². The molecule has 2 fully saturated rings. The third-order valence-corrected chi connectivity index (χ3v) is 6.43. The molecule has 2 aliphatic carbocycles. The maximum Gasteiger partial charge on any atom is 0.223 e. The van der Waals surface area contributed by atoms with E-state index >= 15 is 0 Å². The molecule has 0 radical (unpaired) electrons. The molecule has 150 valence electrons. The van der Waals surface area contributed by atoms with E-state index in [9.17, 15) is 9.90 Å². The maximum absolute atomic E-state index is 12.6. The second-order valence-electron chi connectivity index (χ2n) is 8.95. The number of amides is 1. The van der Waals surface area contributed by atoms with Crippen LogP contribution in [0.4, 0.5) is 0 Å². The quantitative estimate of drug-likeness (QED) is 0.824. The molecule has 2 aromatic rings. The Kier molecular flexibility index (Phi) is 5.28. The average molecular weight is 383 g/mol. The Morgan fingerprint density at radius 1 is 1.14 bits per heavy atom. The highest BCUT2D eigenvalue weighted by Gasteiger charge is 2.38. The van der Waals surface area contributed by atoms with E-state index in [1.54, 1.807) is 6.20 Å². The summed E-state index contributed by atoms with van der Waals surface area (Å²) in [6.45, 7) is 3.77. The van der Waals surface area contributed by atoms with E-state index in [0.29, 0.717) is 5.92 Å². The van der Waals surface area contributed by atoms with Gasteiger partial charge in [0, 0.05) is 23.5 Å². The zero-order valence-electron chi connectivity index (χ0n) is 16.7. The van der Waals surface area contributed by atoms with Crippen molar-refractivity contribution in [3.05, 3.63) is 36.5 Å². The molecule has 4 rings (SSSR count). The third-order valence-electron chi connectivity index (χ3n) is 6.43. The molecule has 28 heavy (non-hydrogen) atoms. The van der Waals surface area contributed by atoms with Crippen molar-refractivity contribution >= 4 is 16.8 Å². The van der Waals surface area contributed by atoms with Crippen molar-refractivity contribution < 1.29 is 14.6 Å². The summed E-state index contributed by atoms with van der Waals surface area (Å²) in [6.07, 6.45) is 7.22. The fourth-order valence-electron chi connectivity index (χ4n) is 4.49. The van der Waals surface area contributed by atoms with Gasteiger partial charge in [-0.05, 0) is 70.4 Å². The van der Waals surface area contributed by atoms with Crippen LogP contribution in [-0.4, -0.2) is 33.7 Å². The highest BCUT2D eigenvalue weighted by Crippen LogP contribution is 2.35. The molecule has 0 unspecified atom stereocenters. The predicted molar refractivity (Wildman–Crippen MR) is 109 cm³/mol. The number of rotatable bonds is 5. The zero-order valence-corrected chi connectivity index (χ0v) is 16.7. The molecule has 1 aromatic heterocycles. The number of aromatic nitrogens is 1. The molecular weight excluding hydrogens is 352 g/mol. The summed E-state index contributed by atoms with van der Waals surface area (Å²) in [4.78, 5) is 17.0. The Morgan fingerprint density at radius 3 is 2.57 bits per heavy atom. The molecule has 0 saturated heterocycles. The van der Waals surface area contributed by atoms with E-state index in [2.05, 4.69) is 10.3 Å². The van der Waals surface area contributed by atoms with E-state index in [1.807, 2.05) is 44.2 Å². The van der Waals surface area contributed by atoms with Gasteiger partial charge in [0.15, 0.2) is 0 Å². The van der Waals surface area contributed by atoms with Crippen molar-refractivity contribution in [2.45, 2.75) is 70.1 Å². The standard InChI is InChI=1S/C23H30N2O3/c1-23(2,27)17-8-10-18(11-9-17)25-22(26)16-13-19(14-16)28-20-7-3-5-15-6-4-12-24-21(15)20/h3-7,12,16-19,27H,8-11,13-14H2,1-2H3,(H,25,26)/t16-,17-,18-,19-. The van der Waals surface area contributed by atoms with Gasteiger partial charge in [-0.1, -0.05) is 18.2 Å². The van der Waals surface area contributed by atoms with Crippen LogP contribution in [0.15, 0.2) is 36.5 Å². The number of carbonyl (C=O) groups excluding carboxylic acids is 1. The van der Waals surface area contributed by atoms with Gasteiger partial charge in [0.1, 0.15) is 17.4 Å². The van der Waals surface area contributed by atoms with Crippen molar-refractivity contribution in [2.24, 2.45) is 11.8 Å². The van der Waals surface area contributed by atoms with Crippen molar-refractivity contribution in [1.29, 1.82) is 0 Å². The summed E-state index contributed by atoms with van der Waals surface area (Å²) in [5.74, 6) is 1.32. The fraction of sp³-hybridized carbons (Fsp3) is 0.565. The molecule has 2 aliphatic rings. The lowest BCUT2D eigenvalue weighted by molar-refractivity contribution is -0.131. The molecule has 0 bridgehead atoms. The van der Waals surface area contributed by atoms with Gasteiger partial charge >= 0.3 is 0 Å². The van der Waals surface area contributed by atoms with Gasteiger partial charge < -0.3 is 15.2 Å². The summed E-state index contributed by atoms with van der Waals surface area (Å²) < 4.78 is 6.12. The number of benzene rings is 1. The number of ether oxygens (including phenoxy) is 1. The number of hydrogen-bond acceptors (Lipinski definition) is 4. The number of nitrogens with one attached hydrogen (secondary N) is 1. The number of fused-ring (bicyclic) bond motifs is 1. The molecule has 1 aromatic carbocycles. The highest BCUT2D eigenvalue weighted by molar-refractivity contribution is 5.84. The minimum atomic E-state index is -0.621. The number of para-hydroxylation sites is 1. The van der Waals surface area contributed by atoms with Crippen LogP contribution in [0.3, 0.4) is 0 Å². The van der Waals surface area contributed by atoms with Crippen LogP contribution in [0, 0.1) is 11.8 Å². The largest absolute Gasteiger partial charge is 0.488 e. The predicted octanol–water partition coefficient (Wildman–Crippen LogP) is 3.84. The van der Waals surface area contributed by atoms with Gasteiger partial charge in [0.05, 0.1) is 5.60 Å². The topological polar surface area (TPSA) is 71.5 Å². The van der Waals surface area contributed by atoms with E-state index in [4.69, 9.17) is 4.74 Å². The van der Waals surface area contributed by atoms with Crippen LogP contribution in [0.5, 0.6) is 5.75 Å². The number of pyridine rings is 1. The molecule has 2 saturated carbocycles. The smallest absolute Gasteiger partial charge is 0.223 e. The van der Waals surface area contributed by atoms with E-state index in [1.165, 1.54) is 0 Å². The SMILES string of the molecule is CC(C)(O)[C@H]1CC[C@H](NC(=O)[C@H]2C[C@H](Oc3cccc4cccnc34)C2)CC1. The van der Waals surface area contributed by atoms with Crippen molar-refractivity contribution in [3.8, 4) is 5.75 Å². The first-order valence-corrected chi connectivity index (χ1v) is 10.4. The highest BCUT2D eigenvalue weighted by atomic mass is 16.5. The van der Waals surface area contributed by atoms with E-state index in [-0.39, 0.29) is 24.0 Å². The lowest BCUT2D eigenvalue weighted by Gasteiger charge is -2.38. The molecule has 0 spiro atoms. The second kappa shape index (κ2) is 7.70. The summed E-state index contributed by atoms with van der Waals surface area (Å²) in [5.41, 5.74) is 0.255. The minimum absolute atomic E-state index is 0.0416. The monoisotopic (exact) mass is 382 g/mol. The van der Waals surface area contributed by atoms with Gasteiger partial charge in [-0.15, -0.1) is 0 Å². The van der Waals surface area contributed by atoms with Gasteiger partial charge in [0.25, 0.3) is 0 Å². The minimum Gasteiger partial charge on any atom is -0.488 e. The summed E-state index contributed by atoms with van der Waals surface area (Å²) >= 11 is 0. The molecule has 5 nitrogen and oxygen atoms in total. The van der Waals surface area contributed by atoms with Gasteiger partial charge in [-0.2, -0.15) is 0 Å². The zero-order chi connectivity index (χ0) is 19.7. The normalized spacial score (nSPS) is 27.8. The molecule has 0 aliphatic heterocycles. The summed E-state index contributed by atoms with van der Waals surface area (Å²) in [7, 11) is 0. The third kappa shape index (κ3) is 4.14. The first kappa shape index (κ1) is 19.2. The summed E-state index contributed by atoms with van der Waals surface area (Å²) in [6, 6.07) is 10.1. The van der Waals surface area contributed by atoms with Crippen LogP contribution in [0.25, 0.3) is 10.9 Å². The fourth-order valence-corrected chi connectivity index (χ4v) is 4.49. The molecule has 0 atom stereocenters. The summed E-state index contributed by atoms with van der Waals surface area (Å²) in [5, 5.41) is 14.4. The average Bonchev–Trinajstić information content (AvgIpc) is 2.64. The Morgan fingerprint density at radius 2 is 1.86 bits per heavy atom. The number of nitrogens with zero attached hydrogens (tertiary/aromatic N) is 1. The molecular formula is C23H30N2O3. The Bertz CT molecular complexity index is 826. The van der Waals surface area contributed by atoms with Crippen LogP contribution in [0.2, 0.25) is 0 Å². The van der Waals surface area contributed by atoms with Gasteiger partial charge in [-0.25, -0.2) is 0 Å². The van der Waals surface area contributed by atoms with Crippen LogP contribution < -0.4 is 10.1 Å². The number of carbonyl (C=O) groups is 1. The molecule has 5 heteroatoms. The lowest BCUT2D eigenvalue weighted by Crippen LogP contribution is -2.48. The van der Waals surface area contributed by atoms with Crippen LogP contribution in [0.1, 0.15) is 52.4 Å². The Hall–Kier alpha value is -2.14. The lowest BCUT2D eigenvalue weighted by atomic mass is 9.76. The molecule has 1 heterocycles. The number of aliphatic hydroxyl groups is 1. The molecule has 1 amide bonds. The van der Waals surface area contributed by atoms with Crippen molar-refractivity contribution in [1.82, 2.24) is 10.3 Å². The Balaban J connectivity index is 1.25. The van der Waals surface area contributed by atoms with Gasteiger partial charge in [0.2, 0.25) is 5.91 Å². The van der Waals surface area contributed by atoms with Crippen LogP contribution >= 0.6 is 0 Å². The van der Waals surface area contributed by atoms with Crippen molar-refractivity contribution in [3.63, 3.8) is 0 Å². The van der Waals surface area contributed by atoms with Crippen molar-refractivity contribution in [2.75, 3.05) is 0 Å². The maximum atomic E-state index is 12.6. The second-order valence-corrected chi connectivity index (χ2v) is 8.95. The van der Waals surface area contributed by atoms with Gasteiger partial charge in [-0.3, -0.25) is 9.78 Å². The Labute approximate surface area is 166 Å². The first-order valence-electron chi connectivity index (χ1n) is 10.4. The first-order chi connectivity index (χ1) is 13.4. The number of hydrogen-bond donors (Lipinski definition) is 2. The van der Waals surface area contributed by atoms with E-state index in [0.717, 1.165) is 55.2 Å².